The van der Waals surface area contributed by atoms with E-state index in [1.165, 1.54) is 5.56 Å². The number of benzene rings is 2. The molecule has 3 aromatic rings. The molecule has 1 aromatic heterocycles. The number of hydrogen-bond acceptors (Lipinski definition) is 4. The Balaban J connectivity index is 1.58. The van der Waals surface area contributed by atoms with Gasteiger partial charge in [-0.15, -0.1) is 0 Å². The molecule has 0 unspecified atom stereocenters. The van der Waals surface area contributed by atoms with Gasteiger partial charge in [-0.25, -0.2) is 4.79 Å². The Kier molecular flexibility index (Phi) is 5.86. The summed E-state index contributed by atoms with van der Waals surface area (Å²) in [6.07, 6.45) is -0.00111. The van der Waals surface area contributed by atoms with E-state index < -0.39 is 12.1 Å². The third kappa shape index (κ3) is 4.34. The molecule has 1 heterocycles. The van der Waals surface area contributed by atoms with Crippen LogP contribution in [0.1, 0.15) is 42.2 Å². The number of para-hydroxylation sites is 1. The first kappa shape index (κ1) is 18.6. The average molecular weight is 365 g/mol. The summed E-state index contributed by atoms with van der Waals surface area (Å²) in [5, 5.41) is 10.3. The van der Waals surface area contributed by atoms with Crippen LogP contribution in [-0.4, -0.2) is 34.7 Å². The first-order chi connectivity index (χ1) is 13.1. The molecule has 0 fully saturated rings. The van der Waals surface area contributed by atoms with Crippen LogP contribution < -0.4 is 5.32 Å². The molecule has 6 heteroatoms. The molecule has 2 aromatic carbocycles. The average Bonchev–Trinajstić information content (AvgIpc) is 3.13. The maximum atomic E-state index is 12.4. The number of aromatic amines is 1. The first-order valence-electron chi connectivity index (χ1n) is 9.07. The summed E-state index contributed by atoms with van der Waals surface area (Å²) >= 11 is 0. The molecule has 0 aliphatic carbocycles. The summed E-state index contributed by atoms with van der Waals surface area (Å²) in [6, 6.07) is 17.3. The van der Waals surface area contributed by atoms with Gasteiger partial charge >= 0.3 is 5.97 Å². The number of nitrogens with zero attached hydrogens (tertiary/aromatic N) is 1. The van der Waals surface area contributed by atoms with Crippen molar-refractivity contribution in [2.24, 2.45) is 0 Å². The van der Waals surface area contributed by atoms with Gasteiger partial charge in [-0.05, 0) is 25.0 Å². The van der Waals surface area contributed by atoms with Gasteiger partial charge in [0.1, 0.15) is 0 Å². The highest BCUT2D eigenvalue weighted by Gasteiger charge is 2.22. The molecule has 0 saturated heterocycles. The van der Waals surface area contributed by atoms with Crippen LogP contribution in [0.2, 0.25) is 0 Å². The van der Waals surface area contributed by atoms with Crippen molar-refractivity contribution in [2.75, 3.05) is 6.54 Å². The normalized spacial score (nSPS) is 13.1. The summed E-state index contributed by atoms with van der Waals surface area (Å²) in [7, 11) is 0. The zero-order valence-electron chi connectivity index (χ0n) is 15.4. The second-order valence-electron chi connectivity index (χ2n) is 6.43. The summed E-state index contributed by atoms with van der Waals surface area (Å²) < 4.78 is 5.30. The Hall–Kier alpha value is -3.15. The van der Waals surface area contributed by atoms with Gasteiger partial charge in [0, 0.05) is 17.8 Å². The van der Waals surface area contributed by atoms with Crippen molar-refractivity contribution < 1.29 is 14.3 Å². The zero-order valence-corrected chi connectivity index (χ0v) is 15.4. The summed E-state index contributed by atoms with van der Waals surface area (Å²) in [6.45, 7) is 4.13. The summed E-state index contributed by atoms with van der Waals surface area (Å²) in [5.74, 6) is -0.726. The van der Waals surface area contributed by atoms with Crippen LogP contribution in [0, 0.1) is 0 Å². The van der Waals surface area contributed by atoms with Gasteiger partial charge in [-0.2, -0.15) is 5.10 Å². The fourth-order valence-corrected chi connectivity index (χ4v) is 2.98. The number of fused-ring (bicyclic) bond motifs is 1. The number of ether oxygens (including phenoxy) is 1. The molecule has 0 radical (unpaired) electrons. The molecule has 0 saturated carbocycles. The topological polar surface area (TPSA) is 84.1 Å². The van der Waals surface area contributed by atoms with Gasteiger partial charge in [0.25, 0.3) is 5.91 Å². The predicted octanol–water partition coefficient (Wildman–Crippen LogP) is 3.42. The van der Waals surface area contributed by atoms with Crippen LogP contribution in [0.3, 0.4) is 0 Å². The maximum absolute atomic E-state index is 12.4. The highest BCUT2D eigenvalue weighted by molar-refractivity contribution is 6.02. The highest BCUT2D eigenvalue weighted by atomic mass is 16.5. The molecule has 0 bridgehead atoms. The Bertz CT molecular complexity index is 921. The molecule has 0 aliphatic rings. The molecule has 27 heavy (non-hydrogen) atoms. The number of rotatable bonds is 7. The lowest BCUT2D eigenvalue weighted by Gasteiger charge is -2.18. The molecule has 1 amide bonds. The molecule has 2 atom stereocenters. The molecule has 0 aliphatic heterocycles. The van der Waals surface area contributed by atoms with E-state index in [-0.39, 0.29) is 17.5 Å². The van der Waals surface area contributed by atoms with Gasteiger partial charge in [-0.1, -0.05) is 55.5 Å². The molecule has 3 rings (SSSR count). The highest BCUT2D eigenvalue weighted by Crippen LogP contribution is 2.19. The van der Waals surface area contributed by atoms with E-state index in [1.54, 1.807) is 13.0 Å². The number of amides is 1. The minimum Gasteiger partial charge on any atom is -0.448 e. The monoisotopic (exact) mass is 365 g/mol. The van der Waals surface area contributed by atoms with Gasteiger partial charge < -0.3 is 10.1 Å². The summed E-state index contributed by atoms with van der Waals surface area (Å²) in [4.78, 5) is 24.7. The predicted molar refractivity (Wildman–Crippen MR) is 103 cm³/mol. The Morgan fingerprint density at radius 1 is 1.11 bits per heavy atom. The molecule has 0 spiro atoms. The quantitative estimate of drug-likeness (QED) is 0.629. The van der Waals surface area contributed by atoms with Crippen LogP contribution >= 0.6 is 0 Å². The molecule has 6 nitrogen and oxygen atoms in total. The van der Waals surface area contributed by atoms with E-state index in [1.807, 2.05) is 48.5 Å². The van der Waals surface area contributed by atoms with E-state index in [0.29, 0.717) is 11.9 Å². The third-order valence-electron chi connectivity index (χ3n) is 4.60. The van der Waals surface area contributed by atoms with Gasteiger partial charge in [0.15, 0.2) is 11.8 Å². The number of carbonyl (C=O) groups is 2. The van der Waals surface area contributed by atoms with Crippen molar-refractivity contribution in [3.05, 3.63) is 65.9 Å². The third-order valence-corrected chi connectivity index (χ3v) is 4.60. The number of esters is 1. The first-order valence-corrected chi connectivity index (χ1v) is 9.07. The second-order valence-corrected chi connectivity index (χ2v) is 6.43. The largest absolute Gasteiger partial charge is 0.448 e. The Labute approximate surface area is 157 Å². The zero-order chi connectivity index (χ0) is 19.2. The van der Waals surface area contributed by atoms with Crippen LogP contribution in [0.25, 0.3) is 10.9 Å². The number of hydrogen-bond donors (Lipinski definition) is 2. The molecule has 2 N–H and O–H groups in total. The number of carbonyl (C=O) groups excluding carboxylic acids is 2. The van der Waals surface area contributed by atoms with Crippen molar-refractivity contribution >= 4 is 22.8 Å². The number of aromatic nitrogens is 2. The molecular formula is C21H23N3O3. The van der Waals surface area contributed by atoms with Crippen molar-refractivity contribution in [3.63, 3.8) is 0 Å². The van der Waals surface area contributed by atoms with E-state index in [2.05, 4.69) is 22.4 Å². The van der Waals surface area contributed by atoms with Gasteiger partial charge in [0.2, 0.25) is 0 Å². The number of H-pyrrole nitrogens is 1. The lowest BCUT2D eigenvalue weighted by Crippen LogP contribution is -2.38. The van der Waals surface area contributed by atoms with E-state index in [4.69, 9.17) is 4.74 Å². The van der Waals surface area contributed by atoms with Crippen molar-refractivity contribution in [1.82, 2.24) is 15.5 Å². The van der Waals surface area contributed by atoms with Crippen LogP contribution in [-0.2, 0) is 9.53 Å². The van der Waals surface area contributed by atoms with Crippen molar-refractivity contribution in [1.29, 1.82) is 0 Å². The van der Waals surface area contributed by atoms with E-state index >= 15 is 0 Å². The van der Waals surface area contributed by atoms with E-state index in [9.17, 15) is 9.59 Å². The lowest BCUT2D eigenvalue weighted by atomic mass is 9.96. The fourth-order valence-electron chi connectivity index (χ4n) is 2.98. The summed E-state index contributed by atoms with van der Waals surface area (Å²) in [5.41, 5.74) is 2.10. The van der Waals surface area contributed by atoms with Crippen molar-refractivity contribution in [2.45, 2.75) is 32.3 Å². The van der Waals surface area contributed by atoms with Gasteiger partial charge in [-0.3, -0.25) is 9.89 Å². The van der Waals surface area contributed by atoms with E-state index in [0.717, 1.165) is 11.9 Å². The Morgan fingerprint density at radius 3 is 2.56 bits per heavy atom. The standard InChI is InChI=1S/C21H23N3O3/c1-3-15(16-9-5-4-6-10-16)13-22-20(25)14(2)27-21(26)19-17-11-7-8-12-18(17)23-24-19/h4-12,14-15H,3,13H2,1-2H3,(H,22,25)(H,23,24)/t14-,15-/m0/s1. The fraction of sp³-hybridized carbons (Fsp3) is 0.286. The van der Waals surface area contributed by atoms with Crippen LogP contribution in [0.15, 0.2) is 54.6 Å². The van der Waals surface area contributed by atoms with Crippen LogP contribution in [0.4, 0.5) is 0 Å². The van der Waals surface area contributed by atoms with Crippen LogP contribution in [0.5, 0.6) is 0 Å². The minimum absolute atomic E-state index is 0.181. The molecule has 140 valence electrons. The second kappa shape index (κ2) is 8.49. The number of nitrogens with one attached hydrogen (secondary N) is 2. The van der Waals surface area contributed by atoms with Crippen molar-refractivity contribution in [3.8, 4) is 0 Å². The lowest BCUT2D eigenvalue weighted by molar-refractivity contribution is -0.129. The Morgan fingerprint density at radius 2 is 1.81 bits per heavy atom. The minimum atomic E-state index is -0.902. The smallest absolute Gasteiger partial charge is 0.360 e. The maximum Gasteiger partial charge on any atom is 0.360 e. The SMILES string of the molecule is CC[C@@H](CNC(=O)[C@H](C)OC(=O)c1n[nH]c2ccccc12)c1ccccc1. The van der Waals surface area contributed by atoms with Gasteiger partial charge in [0.05, 0.1) is 5.52 Å². The molecular weight excluding hydrogens is 342 g/mol.